The molecule has 0 aliphatic carbocycles. The van der Waals surface area contributed by atoms with E-state index in [4.69, 9.17) is 14.2 Å². The lowest BCUT2D eigenvalue weighted by molar-refractivity contribution is -0.899. The van der Waals surface area contributed by atoms with E-state index in [9.17, 15) is 4.79 Å². The molecule has 1 fully saturated rings. The molecular weight excluding hydrogens is 452 g/mol. The Morgan fingerprint density at radius 1 is 1.00 bits per heavy atom. The number of hydrogen-bond donors (Lipinski definition) is 0. The van der Waals surface area contributed by atoms with Crippen molar-refractivity contribution in [2.75, 3.05) is 52.3 Å². The highest BCUT2D eigenvalue weighted by Crippen LogP contribution is 2.44. The zero-order valence-corrected chi connectivity index (χ0v) is 21.4. The second kappa shape index (κ2) is 10.2. The maximum Gasteiger partial charge on any atom is 0.318 e. The fourth-order valence-electron chi connectivity index (χ4n) is 5.31. The SMILES string of the molecule is CN(C)c1cccc(OCCC[N+]2(C)CCC(OC(=O)C3c4ccccc4Oc4ccccc43)C2)c1. The minimum Gasteiger partial charge on any atom is -0.493 e. The van der Waals surface area contributed by atoms with Gasteiger partial charge in [-0.1, -0.05) is 42.5 Å². The van der Waals surface area contributed by atoms with E-state index in [0.717, 1.165) is 71.0 Å². The van der Waals surface area contributed by atoms with Crippen molar-refractivity contribution in [3.05, 3.63) is 83.9 Å². The first-order chi connectivity index (χ1) is 17.4. The number of benzene rings is 3. The van der Waals surface area contributed by atoms with E-state index in [1.807, 2.05) is 74.8 Å². The summed E-state index contributed by atoms with van der Waals surface area (Å²) in [7, 11) is 6.31. The van der Waals surface area contributed by atoms with Crippen LogP contribution in [-0.4, -0.2) is 63.9 Å². The molecule has 5 rings (SSSR count). The van der Waals surface area contributed by atoms with Crippen molar-refractivity contribution in [1.29, 1.82) is 0 Å². The number of rotatable bonds is 8. The Hall–Kier alpha value is -3.51. The smallest absolute Gasteiger partial charge is 0.318 e. The predicted molar refractivity (Wildman–Crippen MR) is 141 cm³/mol. The minimum atomic E-state index is -0.461. The Morgan fingerprint density at radius 3 is 2.39 bits per heavy atom. The Bertz CT molecular complexity index is 1180. The Morgan fingerprint density at radius 2 is 1.69 bits per heavy atom. The van der Waals surface area contributed by atoms with E-state index in [0.29, 0.717) is 6.61 Å². The van der Waals surface area contributed by atoms with Gasteiger partial charge in [0.1, 0.15) is 29.7 Å². The lowest BCUT2D eigenvalue weighted by atomic mass is 9.88. The molecule has 3 aromatic rings. The van der Waals surface area contributed by atoms with Gasteiger partial charge in [-0.15, -0.1) is 0 Å². The van der Waals surface area contributed by atoms with Crippen molar-refractivity contribution < 1.29 is 23.5 Å². The highest BCUT2D eigenvalue weighted by molar-refractivity contribution is 5.85. The van der Waals surface area contributed by atoms with Gasteiger partial charge in [0.15, 0.2) is 6.10 Å². The van der Waals surface area contributed by atoms with Crippen LogP contribution < -0.4 is 14.4 Å². The quantitative estimate of drug-likeness (QED) is 0.248. The number of para-hydroxylation sites is 2. The van der Waals surface area contributed by atoms with Gasteiger partial charge in [0.2, 0.25) is 0 Å². The van der Waals surface area contributed by atoms with E-state index in [1.165, 1.54) is 0 Å². The average molecular weight is 488 g/mol. The van der Waals surface area contributed by atoms with E-state index in [1.54, 1.807) is 0 Å². The molecule has 0 bridgehead atoms. The number of carbonyl (C=O) groups is 1. The third kappa shape index (κ3) is 5.19. The van der Waals surface area contributed by atoms with Gasteiger partial charge >= 0.3 is 5.97 Å². The lowest BCUT2D eigenvalue weighted by Crippen LogP contribution is -2.44. The summed E-state index contributed by atoms with van der Waals surface area (Å²) < 4.78 is 19.1. The summed E-state index contributed by atoms with van der Waals surface area (Å²) in [5, 5.41) is 0. The van der Waals surface area contributed by atoms with Crippen LogP contribution in [0.4, 0.5) is 5.69 Å². The molecule has 6 nitrogen and oxygen atoms in total. The minimum absolute atomic E-state index is 0.0811. The molecular formula is C30H35N2O4+. The normalized spacial score (nSPS) is 20.7. The standard InChI is InChI=1S/C30H35N2O4/c1-31(2)22-10-8-11-23(20-22)34-19-9-17-32(3)18-16-24(21-32)35-30(33)29-25-12-4-6-14-27(25)36-28-15-7-5-13-26(28)29/h4-8,10-15,20,24,29H,9,16-19,21H2,1-3H3/q+1. The maximum absolute atomic E-state index is 13.5. The molecule has 2 atom stereocenters. The van der Waals surface area contributed by atoms with Crippen molar-refractivity contribution in [3.63, 3.8) is 0 Å². The Kier molecular flexibility index (Phi) is 6.88. The van der Waals surface area contributed by atoms with Gasteiger partial charge in [0, 0.05) is 49.8 Å². The fraction of sp³-hybridized carbons (Fsp3) is 0.367. The van der Waals surface area contributed by atoms with Crippen molar-refractivity contribution in [1.82, 2.24) is 0 Å². The van der Waals surface area contributed by atoms with Crippen LogP contribution in [0.15, 0.2) is 72.8 Å². The second-order valence-electron chi connectivity index (χ2n) is 10.3. The zero-order valence-electron chi connectivity index (χ0n) is 21.4. The molecule has 6 heteroatoms. The number of anilines is 1. The number of likely N-dealkylation sites (N-methyl/N-ethyl adjacent to an activating group) is 1. The molecule has 0 N–H and O–H groups in total. The molecule has 0 amide bonds. The molecule has 0 radical (unpaired) electrons. The van der Waals surface area contributed by atoms with Crippen LogP contribution in [0.1, 0.15) is 29.9 Å². The number of carbonyl (C=O) groups excluding carboxylic acids is 1. The predicted octanol–water partition coefficient (Wildman–Crippen LogP) is 5.22. The van der Waals surface area contributed by atoms with Gasteiger partial charge in [-0.2, -0.15) is 0 Å². The fourth-order valence-corrected chi connectivity index (χ4v) is 5.31. The molecule has 0 aromatic heterocycles. The molecule has 2 aliphatic heterocycles. The van der Waals surface area contributed by atoms with Crippen LogP contribution >= 0.6 is 0 Å². The zero-order chi connectivity index (χ0) is 25.1. The van der Waals surface area contributed by atoms with Gasteiger partial charge in [-0.05, 0) is 24.3 Å². The van der Waals surface area contributed by atoms with Crippen LogP contribution in [0.25, 0.3) is 0 Å². The van der Waals surface area contributed by atoms with E-state index in [2.05, 4.69) is 24.1 Å². The molecule has 2 unspecified atom stereocenters. The number of likely N-dealkylation sites (tertiary alicyclic amines) is 1. The topological polar surface area (TPSA) is 48.0 Å². The molecule has 3 aromatic carbocycles. The summed E-state index contributed by atoms with van der Waals surface area (Å²) >= 11 is 0. The molecule has 0 spiro atoms. The van der Waals surface area contributed by atoms with Crippen molar-refractivity contribution in [2.45, 2.75) is 24.9 Å². The van der Waals surface area contributed by atoms with E-state index >= 15 is 0 Å². The first kappa shape index (κ1) is 24.2. The largest absolute Gasteiger partial charge is 0.493 e. The molecule has 1 saturated heterocycles. The maximum atomic E-state index is 13.5. The molecule has 2 heterocycles. The number of nitrogens with zero attached hydrogens (tertiary/aromatic N) is 2. The van der Waals surface area contributed by atoms with Crippen molar-refractivity contribution >= 4 is 11.7 Å². The summed E-state index contributed by atoms with van der Waals surface area (Å²) in [4.78, 5) is 15.5. The first-order valence-corrected chi connectivity index (χ1v) is 12.7. The van der Waals surface area contributed by atoms with Crippen LogP contribution in [0.5, 0.6) is 17.2 Å². The van der Waals surface area contributed by atoms with Crippen LogP contribution in [0.2, 0.25) is 0 Å². The number of fused-ring (bicyclic) bond motifs is 2. The average Bonchev–Trinajstić information content (AvgIpc) is 3.25. The number of hydrogen-bond acceptors (Lipinski definition) is 5. The second-order valence-corrected chi connectivity index (χ2v) is 10.3. The third-order valence-electron chi connectivity index (χ3n) is 7.28. The van der Waals surface area contributed by atoms with Crippen LogP contribution in [0.3, 0.4) is 0 Å². The van der Waals surface area contributed by atoms with Crippen LogP contribution in [-0.2, 0) is 9.53 Å². The van der Waals surface area contributed by atoms with Gasteiger partial charge in [0.05, 0.1) is 26.7 Å². The molecule has 36 heavy (non-hydrogen) atoms. The molecule has 0 saturated carbocycles. The highest BCUT2D eigenvalue weighted by atomic mass is 16.5. The Balaban J connectivity index is 1.17. The van der Waals surface area contributed by atoms with Gasteiger partial charge in [-0.25, -0.2) is 0 Å². The third-order valence-corrected chi connectivity index (χ3v) is 7.28. The number of esters is 1. The number of quaternary nitrogens is 1. The van der Waals surface area contributed by atoms with E-state index in [-0.39, 0.29) is 12.1 Å². The summed E-state index contributed by atoms with van der Waals surface area (Å²) in [6.45, 7) is 3.48. The Labute approximate surface area is 213 Å². The lowest BCUT2D eigenvalue weighted by Gasteiger charge is -2.30. The summed E-state index contributed by atoms with van der Waals surface area (Å²) in [6, 6.07) is 23.6. The summed E-state index contributed by atoms with van der Waals surface area (Å²) in [5.74, 6) is 1.69. The highest BCUT2D eigenvalue weighted by Gasteiger charge is 2.40. The van der Waals surface area contributed by atoms with Crippen LogP contribution in [0, 0.1) is 0 Å². The number of ether oxygens (including phenoxy) is 3. The summed E-state index contributed by atoms with van der Waals surface area (Å²) in [5.41, 5.74) is 2.87. The van der Waals surface area contributed by atoms with Gasteiger partial charge < -0.3 is 23.6 Å². The van der Waals surface area contributed by atoms with Gasteiger partial charge in [-0.3, -0.25) is 4.79 Å². The van der Waals surface area contributed by atoms with Crippen molar-refractivity contribution in [2.24, 2.45) is 0 Å². The van der Waals surface area contributed by atoms with Gasteiger partial charge in [0.25, 0.3) is 0 Å². The van der Waals surface area contributed by atoms with Crippen molar-refractivity contribution in [3.8, 4) is 17.2 Å². The molecule has 188 valence electrons. The molecule has 2 aliphatic rings. The summed E-state index contributed by atoms with van der Waals surface area (Å²) in [6.07, 6.45) is 1.74. The van der Waals surface area contributed by atoms with E-state index < -0.39 is 5.92 Å². The monoisotopic (exact) mass is 487 g/mol. The first-order valence-electron chi connectivity index (χ1n) is 12.7.